The van der Waals surface area contributed by atoms with Gasteiger partial charge >= 0.3 is 6.18 Å². The predicted octanol–water partition coefficient (Wildman–Crippen LogP) is 2.18. The minimum absolute atomic E-state index is 0.0650. The number of nitrogens with zero attached hydrogens (tertiary/aromatic N) is 5. The van der Waals surface area contributed by atoms with Crippen LogP contribution in [-0.2, 0) is 15.7 Å². The number of anilines is 2. The second-order valence-electron chi connectivity index (χ2n) is 7.63. The molecule has 0 spiro atoms. The Morgan fingerprint density at radius 1 is 1.24 bits per heavy atom. The van der Waals surface area contributed by atoms with Crippen LogP contribution < -0.4 is 15.8 Å². The second-order valence-corrected chi connectivity index (χ2v) is 8.07. The Morgan fingerprint density at radius 2 is 1.91 bits per heavy atom. The van der Waals surface area contributed by atoms with Crippen LogP contribution >= 0.6 is 11.6 Å². The topological polar surface area (TPSA) is 116 Å². The molecule has 186 valence electrons. The van der Waals surface area contributed by atoms with Crippen LogP contribution in [0.25, 0.3) is 0 Å². The maximum Gasteiger partial charge on any atom is 0.423 e. The highest BCUT2D eigenvalue weighted by molar-refractivity contribution is 6.30. The molecule has 0 unspecified atom stereocenters. The summed E-state index contributed by atoms with van der Waals surface area (Å²) in [5, 5.41) is 8.35. The Hall–Kier alpha value is -2.93. The number of carbonyl (C=O) groups is 1. The average Bonchev–Trinajstić information content (AvgIpc) is 2.80. The van der Waals surface area contributed by atoms with Crippen molar-refractivity contribution >= 4 is 29.1 Å². The Labute approximate surface area is 198 Å². The highest BCUT2D eigenvalue weighted by atomic mass is 35.5. The van der Waals surface area contributed by atoms with Crippen LogP contribution in [0, 0.1) is 0 Å². The molecule has 14 heteroatoms. The molecule has 0 aliphatic carbocycles. The zero-order valence-corrected chi connectivity index (χ0v) is 19.2. The molecule has 10 nitrogen and oxygen atoms in total. The number of aromatic nitrogens is 4. The molecule has 0 bridgehead atoms. The van der Waals surface area contributed by atoms with E-state index < -0.39 is 29.0 Å². The number of amides is 1. The molecule has 3 rings (SSSR count). The summed E-state index contributed by atoms with van der Waals surface area (Å²) < 4.78 is 45.1. The summed E-state index contributed by atoms with van der Waals surface area (Å²) in [6.45, 7) is 4.15. The summed E-state index contributed by atoms with van der Waals surface area (Å²) in [5.74, 6) is 0.484. The van der Waals surface area contributed by atoms with E-state index in [4.69, 9.17) is 16.3 Å². The summed E-state index contributed by atoms with van der Waals surface area (Å²) in [6.07, 6.45) is -0.277. The van der Waals surface area contributed by atoms with Crippen LogP contribution in [-0.4, -0.2) is 76.4 Å². The third-order valence-corrected chi connectivity index (χ3v) is 5.49. The lowest BCUT2D eigenvalue weighted by atomic mass is 10.2. The summed E-state index contributed by atoms with van der Waals surface area (Å²) in [5.41, 5.74) is -3.06. The first-order valence-electron chi connectivity index (χ1n) is 10.7. The number of piperazine rings is 1. The first kappa shape index (κ1) is 25.7. The quantitative estimate of drug-likeness (QED) is 0.500. The van der Waals surface area contributed by atoms with E-state index >= 15 is 0 Å². The summed E-state index contributed by atoms with van der Waals surface area (Å²) in [6, 6.07) is -0.497. The number of halogens is 4. The van der Waals surface area contributed by atoms with Crippen molar-refractivity contribution in [2.24, 2.45) is 0 Å². The van der Waals surface area contributed by atoms with Crippen LogP contribution in [0.1, 0.15) is 25.3 Å². The number of nitrogens with one attached hydrogen (secondary N) is 2. The molecule has 0 saturated carbocycles. The zero-order chi connectivity index (χ0) is 24.7. The lowest BCUT2D eigenvalue weighted by Gasteiger charge is -2.34. The van der Waals surface area contributed by atoms with Crippen LogP contribution in [0.15, 0.2) is 23.4 Å². The van der Waals surface area contributed by atoms with Crippen LogP contribution in [0.3, 0.4) is 0 Å². The number of hydrogen-bond acceptors (Lipinski definition) is 8. The van der Waals surface area contributed by atoms with E-state index in [9.17, 15) is 22.8 Å². The lowest BCUT2D eigenvalue weighted by molar-refractivity contribution is -0.138. The van der Waals surface area contributed by atoms with Gasteiger partial charge in [-0.25, -0.2) is 15.1 Å². The fourth-order valence-corrected chi connectivity index (χ4v) is 3.54. The number of hydrogen-bond donors (Lipinski definition) is 2. The average molecular weight is 504 g/mol. The minimum atomic E-state index is -4.83. The number of aromatic amines is 1. The minimum Gasteiger partial charge on any atom is -0.379 e. The van der Waals surface area contributed by atoms with E-state index in [-0.39, 0.29) is 25.5 Å². The van der Waals surface area contributed by atoms with Gasteiger partial charge in [0, 0.05) is 32.2 Å². The van der Waals surface area contributed by atoms with Gasteiger partial charge in [-0.05, 0) is 6.42 Å². The van der Waals surface area contributed by atoms with Crippen LogP contribution in [0.2, 0.25) is 5.02 Å². The Morgan fingerprint density at radius 3 is 2.53 bits per heavy atom. The predicted molar refractivity (Wildman–Crippen MR) is 119 cm³/mol. The van der Waals surface area contributed by atoms with E-state index in [0.29, 0.717) is 43.6 Å². The third kappa shape index (κ3) is 6.79. The molecule has 1 saturated heterocycles. The van der Waals surface area contributed by atoms with E-state index in [1.54, 1.807) is 16.9 Å². The van der Waals surface area contributed by atoms with Gasteiger partial charge in [-0.15, -0.1) is 0 Å². The van der Waals surface area contributed by atoms with Crippen molar-refractivity contribution in [1.82, 2.24) is 25.1 Å². The fourth-order valence-electron chi connectivity index (χ4n) is 3.44. The Kier molecular flexibility index (Phi) is 8.67. The van der Waals surface area contributed by atoms with Gasteiger partial charge in [0.25, 0.3) is 5.56 Å². The van der Waals surface area contributed by atoms with Crippen molar-refractivity contribution in [3.63, 3.8) is 0 Å². The maximum atomic E-state index is 13.2. The first-order valence-corrected chi connectivity index (χ1v) is 11.1. The molecule has 1 aliphatic rings. The van der Waals surface area contributed by atoms with Crippen molar-refractivity contribution in [2.75, 3.05) is 49.6 Å². The number of alkyl halides is 3. The Balaban J connectivity index is 1.42. The van der Waals surface area contributed by atoms with Crippen molar-refractivity contribution < 1.29 is 22.7 Å². The molecular formula is C20H25ClF3N7O3. The normalized spacial score (nSPS) is 15.3. The molecule has 1 aliphatic heterocycles. The van der Waals surface area contributed by atoms with E-state index in [1.165, 1.54) is 12.4 Å². The van der Waals surface area contributed by atoms with E-state index in [0.717, 1.165) is 6.20 Å². The molecule has 3 heterocycles. The molecule has 1 amide bonds. The van der Waals surface area contributed by atoms with Crippen molar-refractivity contribution in [2.45, 2.75) is 32.0 Å². The highest BCUT2D eigenvalue weighted by Gasteiger charge is 2.37. The summed E-state index contributed by atoms with van der Waals surface area (Å²) >= 11 is 5.80. The lowest BCUT2D eigenvalue weighted by Crippen LogP contribution is -2.49. The first-order chi connectivity index (χ1) is 16.2. The van der Waals surface area contributed by atoms with Gasteiger partial charge in [-0.1, -0.05) is 18.5 Å². The number of carbonyl (C=O) groups excluding carboxylic acids is 1. The zero-order valence-electron chi connectivity index (χ0n) is 18.4. The highest BCUT2D eigenvalue weighted by Crippen LogP contribution is 2.31. The molecule has 2 aromatic rings. The van der Waals surface area contributed by atoms with Gasteiger partial charge in [0.05, 0.1) is 48.9 Å². The molecule has 34 heavy (non-hydrogen) atoms. The molecule has 2 aromatic heterocycles. The molecule has 1 fully saturated rings. The Bertz CT molecular complexity index is 1010. The smallest absolute Gasteiger partial charge is 0.379 e. The van der Waals surface area contributed by atoms with Gasteiger partial charge in [-0.2, -0.15) is 18.3 Å². The number of rotatable bonds is 9. The van der Waals surface area contributed by atoms with Crippen LogP contribution in [0.5, 0.6) is 0 Å². The van der Waals surface area contributed by atoms with Gasteiger partial charge < -0.3 is 19.9 Å². The monoisotopic (exact) mass is 503 g/mol. The van der Waals surface area contributed by atoms with Crippen molar-refractivity contribution in [3.8, 4) is 0 Å². The number of H-pyrrole nitrogens is 1. The van der Waals surface area contributed by atoms with Gasteiger partial charge in [0.2, 0.25) is 11.9 Å². The maximum absolute atomic E-state index is 13.2. The molecule has 2 N–H and O–H groups in total. The van der Waals surface area contributed by atoms with Crippen molar-refractivity contribution in [1.29, 1.82) is 0 Å². The SMILES string of the molecule is CC[C@@H](COCCC(=O)N1CCN(c2ncc(Cl)cn2)CC1)Nc1cn[nH]c(=O)c1C(F)(F)F. The van der Waals surface area contributed by atoms with Gasteiger partial charge in [-0.3, -0.25) is 9.59 Å². The number of ether oxygens (including phenoxy) is 1. The molecule has 0 radical (unpaired) electrons. The largest absolute Gasteiger partial charge is 0.423 e. The van der Waals surface area contributed by atoms with Gasteiger partial charge in [0.1, 0.15) is 5.56 Å². The fraction of sp³-hybridized carbons (Fsp3) is 0.550. The van der Waals surface area contributed by atoms with Crippen molar-refractivity contribution in [3.05, 3.63) is 39.5 Å². The van der Waals surface area contributed by atoms with Gasteiger partial charge in [0.15, 0.2) is 0 Å². The molecule has 1 atom stereocenters. The summed E-state index contributed by atoms with van der Waals surface area (Å²) in [7, 11) is 0. The summed E-state index contributed by atoms with van der Waals surface area (Å²) in [4.78, 5) is 36.1. The van der Waals surface area contributed by atoms with Crippen LogP contribution in [0.4, 0.5) is 24.8 Å². The van der Waals surface area contributed by atoms with E-state index in [1.807, 2.05) is 4.90 Å². The molecular weight excluding hydrogens is 479 g/mol. The second kappa shape index (κ2) is 11.5. The molecule has 0 aromatic carbocycles. The third-order valence-electron chi connectivity index (χ3n) is 5.29. The standard InChI is InChI=1S/C20H25ClF3N7O3/c1-2-14(28-15-11-27-29-18(33)17(15)20(22,23)24)12-34-8-3-16(32)30-4-6-31(7-5-30)19-25-9-13(21)10-26-19/h9-11,14H,2-8,12H2,1H3,(H2,28,29,33)/t14-/m0/s1. The van der Waals surface area contributed by atoms with E-state index in [2.05, 4.69) is 20.4 Å².